The number of hydrogen-bond donors (Lipinski definition) is 2. The lowest BCUT2D eigenvalue weighted by molar-refractivity contribution is -0.306. The van der Waals surface area contributed by atoms with Gasteiger partial charge in [0.25, 0.3) is 0 Å². The second-order valence-corrected chi connectivity index (χ2v) is 1.77. The summed E-state index contributed by atoms with van der Waals surface area (Å²) in [5.41, 5.74) is 0. The predicted molar refractivity (Wildman–Crippen MR) is 27.8 cm³/mol. The van der Waals surface area contributed by atoms with Gasteiger partial charge in [0.1, 0.15) is 0 Å². The third kappa shape index (κ3) is 1.35. The molecule has 0 amide bonds. The zero-order chi connectivity index (χ0) is 7.07. The van der Waals surface area contributed by atoms with Crippen molar-refractivity contribution < 1.29 is 30.0 Å². The highest BCUT2D eigenvalue weighted by Crippen LogP contribution is 2.20. The van der Waals surface area contributed by atoms with Crippen molar-refractivity contribution in [2.45, 2.75) is 19.0 Å². The zero-order valence-electron chi connectivity index (χ0n) is 5.20. The number of hydrogen-bond acceptors (Lipinski definition) is 5. The summed E-state index contributed by atoms with van der Waals surface area (Å²) in [5.74, 6) is -2.45. The van der Waals surface area contributed by atoms with Crippen LogP contribution in [-0.4, -0.2) is 33.9 Å². The van der Waals surface area contributed by atoms with E-state index < -0.39 is 18.2 Å². The maximum Gasteiger partial charge on any atom is 0.513 e. The maximum absolute atomic E-state index is 10.1. The van der Waals surface area contributed by atoms with E-state index in [4.69, 9.17) is 10.2 Å². The van der Waals surface area contributed by atoms with Crippen LogP contribution in [-0.2, 0) is 9.47 Å². The van der Waals surface area contributed by atoms with Gasteiger partial charge in [-0.3, -0.25) is 0 Å². The van der Waals surface area contributed by atoms with Crippen LogP contribution in [0.25, 0.3) is 0 Å². The van der Waals surface area contributed by atoms with E-state index >= 15 is 0 Å². The molecule has 1 fully saturated rings. The summed E-state index contributed by atoms with van der Waals surface area (Å²) >= 11 is 0. The average Bonchev–Trinajstić information content (AvgIpc) is 1.79. The summed E-state index contributed by atoms with van der Waals surface area (Å²) in [6, 6.07) is 0. The van der Waals surface area contributed by atoms with Gasteiger partial charge in [-0.25, -0.2) is 4.79 Å². The molecular weight excluding hydrogens is 144 g/mol. The molecule has 4 N–H and O–H groups in total. The molecule has 1 unspecified atom stereocenters. The van der Waals surface area contributed by atoms with Crippen LogP contribution in [0, 0.1) is 0 Å². The first-order chi connectivity index (χ1) is 4.02. The summed E-state index contributed by atoms with van der Waals surface area (Å²) in [6.45, 7) is 1.31. The first-order valence-corrected chi connectivity index (χ1v) is 2.37. The minimum absolute atomic E-state index is 0. The molecule has 60 valence electrons. The molecule has 0 aromatic carbocycles. The fourth-order valence-electron chi connectivity index (χ4n) is 0.451. The first-order valence-electron chi connectivity index (χ1n) is 2.37. The van der Waals surface area contributed by atoms with Gasteiger partial charge in [-0.05, 0) is 6.92 Å². The molecule has 1 aliphatic heterocycles. The number of rotatable bonds is 0. The Bertz CT molecular complexity index is 141. The van der Waals surface area contributed by atoms with Gasteiger partial charge in [0.2, 0.25) is 0 Å². The van der Waals surface area contributed by atoms with E-state index in [0.717, 1.165) is 0 Å². The van der Waals surface area contributed by atoms with E-state index in [-0.39, 0.29) is 5.48 Å². The number of carbonyl (C=O) groups excluding carboxylic acids is 1. The lowest BCUT2D eigenvalue weighted by atomic mass is 10.3. The number of aliphatic hydroxyl groups is 2. The second-order valence-electron chi connectivity index (χ2n) is 1.77. The van der Waals surface area contributed by atoms with E-state index in [1.807, 2.05) is 0 Å². The second kappa shape index (κ2) is 2.41. The highest BCUT2D eigenvalue weighted by Gasteiger charge is 2.46. The third-order valence-electron chi connectivity index (χ3n) is 1.04. The van der Waals surface area contributed by atoms with Crippen molar-refractivity contribution in [3.63, 3.8) is 0 Å². The summed E-state index contributed by atoms with van der Waals surface area (Å²) in [7, 11) is 0. The van der Waals surface area contributed by atoms with Gasteiger partial charge in [-0.15, -0.1) is 0 Å². The molecule has 6 heteroatoms. The minimum Gasteiger partial charge on any atom is -0.421 e. The SMILES string of the molecule is CC1OC(=O)OC1(O)O.O. The van der Waals surface area contributed by atoms with Gasteiger partial charge in [-0.2, -0.15) is 0 Å². The standard InChI is InChI=1S/C4H6O5.H2O/c1-2-4(6,7)9-3(5)8-2;/h2,6-7H,1H3;1H2. The van der Waals surface area contributed by atoms with E-state index in [2.05, 4.69) is 9.47 Å². The summed E-state index contributed by atoms with van der Waals surface area (Å²) in [4.78, 5) is 10.1. The van der Waals surface area contributed by atoms with Crippen LogP contribution in [0.1, 0.15) is 6.92 Å². The van der Waals surface area contributed by atoms with Gasteiger partial charge in [0.05, 0.1) is 0 Å². The molecule has 0 aliphatic carbocycles. The van der Waals surface area contributed by atoms with Crippen LogP contribution in [0.2, 0.25) is 0 Å². The topological polar surface area (TPSA) is 107 Å². The lowest BCUT2D eigenvalue weighted by Crippen LogP contribution is -2.37. The van der Waals surface area contributed by atoms with Crippen LogP contribution in [0.15, 0.2) is 0 Å². The first kappa shape index (κ1) is 9.15. The van der Waals surface area contributed by atoms with Gasteiger partial charge in [-0.1, -0.05) is 0 Å². The Morgan fingerprint density at radius 1 is 1.60 bits per heavy atom. The lowest BCUT2D eigenvalue weighted by Gasteiger charge is -2.12. The van der Waals surface area contributed by atoms with Crippen molar-refractivity contribution in [3.05, 3.63) is 0 Å². The Labute approximate surface area is 56.3 Å². The van der Waals surface area contributed by atoms with E-state index in [1.165, 1.54) is 6.92 Å². The smallest absolute Gasteiger partial charge is 0.421 e. The number of ether oxygens (including phenoxy) is 2. The van der Waals surface area contributed by atoms with Crippen molar-refractivity contribution in [1.82, 2.24) is 0 Å². The monoisotopic (exact) mass is 152 g/mol. The molecule has 1 aliphatic rings. The maximum atomic E-state index is 10.1. The quantitative estimate of drug-likeness (QED) is 0.319. The van der Waals surface area contributed by atoms with Crippen LogP contribution in [0.5, 0.6) is 0 Å². The molecule has 0 aromatic heterocycles. The molecule has 1 atom stereocenters. The third-order valence-corrected chi connectivity index (χ3v) is 1.04. The van der Waals surface area contributed by atoms with E-state index in [9.17, 15) is 4.79 Å². The minimum atomic E-state index is -2.45. The Hall–Kier alpha value is -0.850. The Morgan fingerprint density at radius 3 is 2.20 bits per heavy atom. The van der Waals surface area contributed by atoms with Crippen molar-refractivity contribution in [1.29, 1.82) is 0 Å². The Balaban J connectivity index is 0.000000810. The normalized spacial score (nSPS) is 28.3. The molecule has 0 bridgehead atoms. The molecule has 0 spiro atoms. The summed E-state index contributed by atoms with van der Waals surface area (Å²) in [6.07, 6.45) is -2.09. The van der Waals surface area contributed by atoms with E-state index in [1.54, 1.807) is 0 Å². The van der Waals surface area contributed by atoms with Crippen LogP contribution < -0.4 is 0 Å². The molecule has 1 saturated heterocycles. The highest BCUT2D eigenvalue weighted by molar-refractivity contribution is 5.62. The van der Waals surface area contributed by atoms with Crippen LogP contribution in [0.4, 0.5) is 4.79 Å². The van der Waals surface area contributed by atoms with Crippen molar-refractivity contribution >= 4 is 6.16 Å². The fourth-order valence-corrected chi connectivity index (χ4v) is 0.451. The fraction of sp³-hybridized carbons (Fsp3) is 0.750. The highest BCUT2D eigenvalue weighted by atomic mass is 16.9. The van der Waals surface area contributed by atoms with Crippen molar-refractivity contribution in [3.8, 4) is 0 Å². The molecule has 6 nitrogen and oxygen atoms in total. The number of carbonyl (C=O) groups is 1. The zero-order valence-corrected chi connectivity index (χ0v) is 5.20. The van der Waals surface area contributed by atoms with Gasteiger partial charge >= 0.3 is 12.1 Å². The largest absolute Gasteiger partial charge is 0.513 e. The molecule has 10 heavy (non-hydrogen) atoms. The predicted octanol–water partition coefficient (Wildman–Crippen LogP) is -1.64. The molecule has 1 heterocycles. The Kier molecular flexibility index (Phi) is 2.20. The Morgan fingerprint density at radius 2 is 2.10 bits per heavy atom. The molecular formula is C4H8O6. The van der Waals surface area contributed by atoms with Crippen LogP contribution >= 0.6 is 0 Å². The molecule has 1 rings (SSSR count). The van der Waals surface area contributed by atoms with Gasteiger partial charge in [0.15, 0.2) is 6.10 Å². The van der Waals surface area contributed by atoms with Crippen molar-refractivity contribution in [2.24, 2.45) is 0 Å². The molecule has 0 saturated carbocycles. The van der Waals surface area contributed by atoms with Crippen LogP contribution in [0.3, 0.4) is 0 Å². The molecule has 0 aromatic rings. The average molecular weight is 152 g/mol. The summed E-state index contributed by atoms with van der Waals surface area (Å²) < 4.78 is 8.13. The van der Waals surface area contributed by atoms with E-state index in [0.29, 0.717) is 0 Å². The molecule has 0 radical (unpaired) electrons. The van der Waals surface area contributed by atoms with Gasteiger partial charge < -0.3 is 25.2 Å². The number of cyclic esters (lactones) is 2. The summed E-state index contributed by atoms with van der Waals surface area (Å²) in [5, 5.41) is 17.2. The van der Waals surface area contributed by atoms with Crippen molar-refractivity contribution in [2.75, 3.05) is 0 Å². The van der Waals surface area contributed by atoms with Gasteiger partial charge in [0, 0.05) is 0 Å².